The highest BCUT2D eigenvalue weighted by Crippen LogP contribution is 2.28. The van der Waals surface area contributed by atoms with Gasteiger partial charge in [-0.3, -0.25) is 0 Å². The van der Waals surface area contributed by atoms with E-state index in [1.165, 1.54) is 10.7 Å². The molecule has 1 aliphatic carbocycles. The van der Waals surface area contributed by atoms with Crippen molar-refractivity contribution < 1.29 is 8.42 Å². The maximum atomic E-state index is 12.4. The van der Waals surface area contributed by atoms with Gasteiger partial charge in [0.15, 0.2) is 0 Å². The summed E-state index contributed by atoms with van der Waals surface area (Å²) in [6, 6.07) is 0.150. The number of alkyl halides is 1. The van der Waals surface area contributed by atoms with Crippen LogP contribution in [-0.2, 0) is 10.2 Å². The summed E-state index contributed by atoms with van der Waals surface area (Å²) in [6.45, 7) is 2.68. The monoisotopic (exact) mass is 296 g/mol. The van der Waals surface area contributed by atoms with Crippen molar-refractivity contribution in [2.45, 2.75) is 45.1 Å². The molecular weight excluding hydrogens is 272 g/mol. The van der Waals surface area contributed by atoms with Crippen molar-refractivity contribution in [3.8, 4) is 0 Å². The van der Waals surface area contributed by atoms with Crippen LogP contribution in [0.15, 0.2) is 0 Å². The van der Waals surface area contributed by atoms with Gasteiger partial charge < -0.3 is 0 Å². The average molecular weight is 297 g/mol. The lowest BCUT2D eigenvalue weighted by Gasteiger charge is -2.35. The van der Waals surface area contributed by atoms with E-state index >= 15 is 0 Å². The van der Waals surface area contributed by atoms with Gasteiger partial charge in [0.2, 0.25) is 0 Å². The third-order valence-electron chi connectivity index (χ3n) is 3.79. The van der Waals surface area contributed by atoms with Crippen LogP contribution in [-0.4, -0.2) is 49.6 Å². The van der Waals surface area contributed by atoms with Crippen LogP contribution >= 0.6 is 11.6 Å². The normalized spacial score (nSPS) is 25.9. The van der Waals surface area contributed by atoms with Crippen LogP contribution in [0.25, 0.3) is 0 Å². The minimum Gasteiger partial charge on any atom is -0.195 e. The van der Waals surface area contributed by atoms with Crippen LogP contribution < -0.4 is 0 Å². The van der Waals surface area contributed by atoms with E-state index in [-0.39, 0.29) is 6.04 Å². The van der Waals surface area contributed by atoms with Gasteiger partial charge in [0.25, 0.3) is 10.2 Å². The standard InChI is InChI=1S/C12H25ClN2O2S/c1-11-6-4-7-12(10-11)15(3)18(16,17)14(2)9-5-8-13/h11-12H,4-10H2,1-3H3. The van der Waals surface area contributed by atoms with Gasteiger partial charge in [-0.2, -0.15) is 17.0 Å². The first kappa shape index (κ1) is 16.2. The van der Waals surface area contributed by atoms with E-state index in [9.17, 15) is 8.42 Å². The van der Waals surface area contributed by atoms with Gasteiger partial charge >= 0.3 is 0 Å². The van der Waals surface area contributed by atoms with E-state index in [0.29, 0.717) is 24.8 Å². The summed E-state index contributed by atoms with van der Waals surface area (Å²) >= 11 is 5.61. The minimum atomic E-state index is -3.33. The Balaban J connectivity index is 2.65. The molecule has 0 aromatic heterocycles. The van der Waals surface area contributed by atoms with Gasteiger partial charge in [0.05, 0.1) is 0 Å². The molecule has 0 heterocycles. The van der Waals surface area contributed by atoms with E-state index in [1.54, 1.807) is 18.4 Å². The Morgan fingerprint density at radius 3 is 2.50 bits per heavy atom. The first-order valence-electron chi connectivity index (χ1n) is 6.64. The quantitative estimate of drug-likeness (QED) is 0.706. The zero-order valence-electron chi connectivity index (χ0n) is 11.6. The molecule has 2 unspecified atom stereocenters. The Kier molecular flexibility index (Phi) is 6.38. The minimum absolute atomic E-state index is 0.150. The Hall–Kier alpha value is 0.160. The van der Waals surface area contributed by atoms with Crippen LogP contribution in [0.5, 0.6) is 0 Å². The molecule has 0 spiro atoms. The van der Waals surface area contributed by atoms with Gasteiger partial charge in [-0.05, 0) is 25.2 Å². The first-order valence-corrected chi connectivity index (χ1v) is 8.58. The summed E-state index contributed by atoms with van der Waals surface area (Å²) in [5, 5.41) is 0. The molecule has 0 bridgehead atoms. The highest BCUT2D eigenvalue weighted by atomic mass is 35.5. The van der Waals surface area contributed by atoms with E-state index in [4.69, 9.17) is 11.6 Å². The fraction of sp³-hybridized carbons (Fsp3) is 1.00. The molecule has 0 N–H and O–H groups in total. The highest BCUT2D eigenvalue weighted by Gasteiger charge is 2.32. The maximum absolute atomic E-state index is 12.4. The van der Waals surface area contributed by atoms with Crippen molar-refractivity contribution in [1.82, 2.24) is 8.61 Å². The van der Waals surface area contributed by atoms with E-state index in [0.717, 1.165) is 19.3 Å². The van der Waals surface area contributed by atoms with Gasteiger partial charge in [-0.1, -0.05) is 19.8 Å². The highest BCUT2D eigenvalue weighted by molar-refractivity contribution is 7.86. The third kappa shape index (κ3) is 4.08. The molecule has 0 aromatic carbocycles. The first-order chi connectivity index (χ1) is 8.39. The smallest absolute Gasteiger partial charge is 0.195 e. The van der Waals surface area contributed by atoms with Crippen molar-refractivity contribution >= 4 is 21.8 Å². The largest absolute Gasteiger partial charge is 0.281 e. The fourth-order valence-corrected chi connectivity index (χ4v) is 4.03. The molecule has 1 aliphatic rings. The van der Waals surface area contributed by atoms with E-state index < -0.39 is 10.2 Å². The molecule has 4 nitrogen and oxygen atoms in total. The van der Waals surface area contributed by atoms with Gasteiger partial charge in [-0.15, -0.1) is 11.6 Å². The Morgan fingerprint density at radius 1 is 1.28 bits per heavy atom. The number of rotatable bonds is 6. The van der Waals surface area contributed by atoms with Crippen molar-refractivity contribution in [3.63, 3.8) is 0 Å². The van der Waals surface area contributed by atoms with Crippen LogP contribution in [0, 0.1) is 5.92 Å². The second-order valence-corrected chi connectivity index (χ2v) is 7.79. The summed E-state index contributed by atoms with van der Waals surface area (Å²) in [7, 11) is 0.00695. The van der Waals surface area contributed by atoms with Gasteiger partial charge in [0.1, 0.15) is 0 Å². The van der Waals surface area contributed by atoms with Crippen molar-refractivity contribution in [2.75, 3.05) is 26.5 Å². The second-order valence-electron chi connectivity index (χ2n) is 5.31. The average Bonchev–Trinajstić information content (AvgIpc) is 2.34. The van der Waals surface area contributed by atoms with Gasteiger partial charge in [-0.25, -0.2) is 0 Å². The van der Waals surface area contributed by atoms with E-state index in [1.807, 2.05) is 0 Å². The van der Waals surface area contributed by atoms with Crippen LogP contribution in [0.4, 0.5) is 0 Å². The Bertz CT molecular complexity index is 348. The lowest BCUT2D eigenvalue weighted by Crippen LogP contribution is -2.46. The molecule has 1 saturated carbocycles. The molecule has 108 valence electrons. The molecule has 1 rings (SSSR count). The summed E-state index contributed by atoms with van der Waals surface area (Å²) in [5.41, 5.74) is 0. The van der Waals surface area contributed by atoms with Crippen LogP contribution in [0.2, 0.25) is 0 Å². The topological polar surface area (TPSA) is 40.6 Å². The van der Waals surface area contributed by atoms with Crippen LogP contribution in [0.3, 0.4) is 0 Å². The molecule has 1 fully saturated rings. The zero-order valence-corrected chi connectivity index (χ0v) is 13.2. The summed E-state index contributed by atoms with van der Waals surface area (Å²) < 4.78 is 27.7. The van der Waals surface area contributed by atoms with Crippen LogP contribution in [0.1, 0.15) is 39.0 Å². The third-order valence-corrected chi connectivity index (χ3v) is 6.05. The molecule has 2 atom stereocenters. The Labute approximate surface area is 116 Å². The predicted octanol–water partition coefficient (Wildman–Crippen LogP) is 2.30. The number of nitrogens with zero attached hydrogens (tertiary/aromatic N) is 2. The number of hydrogen-bond donors (Lipinski definition) is 0. The molecule has 0 saturated heterocycles. The van der Waals surface area contributed by atoms with Crippen molar-refractivity contribution in [2.24, 2.45) is 5.92 Å². The summed E-state index contributed by atoms with van der Waals surface area (Å²) in [5.74, 6) is 1.11. The molecular formula is C12H25ClN2O2S. The maximum Gasteiger partial charge on any atom is 0.281 e. The lowest BCUT2D eigenvalue weighted by molar-refractivity contribution is 0.229. The fourth-order valence-electron chi connectivity index (χ4n) is 2.54. The number of hydrogen-bond acceptors (Lipinski definition) is 2. The summed E-state index contributed by atoms with van der Waals surface area (Å²) in [6.07, 6.45) is 4.97. The van der Waals surface area contributed by atoms with Gasteiger partial charge in [0, 0.05) is 32.6 Å². The molecule has 0 aliphatic heterocycles. The Morgan fingerprint density at radius 2 is 1.94 bits per heavy atom. The molecule has 0 radical (unpaired) electrons. The molecule has 0 amide bonds. The summed E-state index contributed by atoms with van der Waals surface area (Å²) in [4.78, 5) is 0. The lowest BCUT2D eigenvalue weighted by atomic mass is 9.87. The molecule has 0 aromatic rings. The second kappa shape index (κ2) is 7.08. The zero-order chi connectivity index (χ0) is 13.8. The molecule has 18 heavy (non-hydrogen) atoms. The van der Waals surface area contributed by atoms with Crippen molar-refractivity contribution in [1.29, 1.82) is 0 Å². The number of halogens is 1. The van der Waals surface area contributed by atoms with Crippen molar-refractivity contribution in [3.05, 3.63) is 0 Å². The predicted molar refractivity (Wildman–Crippen MR) is 76.1 cm³/mol. The molecule has 6 heteroatoms. The van der Waals surface area contributed by atoms with E-state index in [2.05, 4.69) is 6.92 Å². The SMILES string of the molecule is CC1CCCC(N(C)S(=O)(=O)N(C)CCCCl)C1.